The van der Waals surface area contributed by atoms with E-state index < -0.39 is 17.9 Å². The number of furan rings is 1. The third-order valence-electron chi connectivity index (χ3n) is 4.90. The average Bonchev–Trinajstić information content (AvgIpc) is 3.42. The van der Waals surface area contributed by atoms with Crippen molar-refractivity contribution in [2.45, 2.75) is 33.1 Å². The topological polar surface area (TPSA) is 107 Å². The minimum absolute atomic E-state index is 0.104. The van der Waals surface area contributed by atoms with Gasteiger partial charge in [0.15, 0.2) is 17.1 Å². The average molecular weight is 442 g/mol. The molecule has 0 unspecified atom stereocenters. The Bertz CT molecular complexity index is 1160. The van der Waals surface area contributed by atoms with Gasteiger partial charge in [-0.2, -0.15) is 0 Å². The zero-order chi connectivity index (χ0) is 22.0. The first-order valence-corrected chi connectivity index (χ1v) is 10.9. The van der Waals surface area contributed by atoms with Crippen LogP contribution in [0.1, 0.15) is 51.6 Å². The van der Waals surface area contributed by atoms with Gasteiger partial charge < -0.3 is 19.2 Å². The number of rotatable bonds is 6. The number of para-hydroxylation sites is 1. The Kier molecular flexibility index (Phi) is 5.94. The van der Waals surface area contributed by atoms with E-state index in [2.05, 4.69) is 10.6 Å². The molecule has 2 N–H and O–H groups in total. The summed E-state index contributed by atoms with van der Waals surface area (Å²) in [5, 5.41) is 6.14. The SMILES string of the molecule is CCOC(=O)NC(=O)c1c(NC(=O)c2cc3cccc(OCC)c3o2)sc2c1CCC2. The molecule has 0 saturated carbocycles. The number of aryl methyl sites for hydroxylation is 1. The van der Waals surface area contributed by atoms with Crippen LogP contribution in [0.15, 0.2) is 28.7 Å². The Balaban J connectivity index is 1.61. The maximum absolute atomic E-state index is 12.9. The summed E-state index contributed by atoms with van der Waals surface area (Å²) in [6, 6.07) is 7.06. The van der Waals surface area contributed by atoms with Crippen LogP contribution in [-0.2, 0) is 17.6 Å². The normalized spacial score (nSPS) is 12.5. The molecule has 3 aromatic rings. The molecule has 0 atom stereocenters. The van der Waals surface area contributed by atoms with E-state index in [0.29, 0.717) is 28.5 Å². The minimum atomic E-state index is -0.816. The van der Waals surface area contributed by atoms with Gasteiger partial charge in [-0.15, -0.1) is 11.3 Å². The third-order valence-corrected chi connectivity index (χ3v) is 6.11. The second kappa shape index (κ2) is 8.81. The zero-order valence-electron chi connectivity index (χ0n) is 17.2. The molecule has 0 saturated heterocycles. The standard InChI is InChI=1S/C22H22N2O6S/c1-3-28-14-9-5-7-12-11-15(30-18(12)14)19(25)23-21-17(13-8-6-10-16(13)31-21)20(26)24-22(27)29-4-2/h5,7,9,11H,3-4,6,8,10H2,1-2H3,(H,23,25)(H,24,26,27). The number of ether oxygens (including phenoxy) is 2. The van der Waals surface area contributed by atoms with Gasteiger partial charge in [0, 0.05) is 10.3 Å². The molecule has 8 nitrogen and oxygen atoms in total. The first-order chi connectivity index (χ1) is 15.0. The molecule has 4 rings (SSSR count). The predicted molar refractivity (Wildman–Crippen MR) is 116 cm³/mol. The fraction of sp³-hybridized carbons (Fsp3) is 0.318. The van der Waals surface area contributed by atoms with Crippen molar-refractivity contribution in [2.75, 3.05) is 18.5 Å². The number of carbonyl (C=O) groups is 3. The molecule has 0 aliphatic heterocycles. The molecule has 0 fully saturated rings. The highest BCUT2D eigenvalue weighted by Gasteiger charge is 2.29. The number of amides is 3. The van der Waals surface area contributed by atoms with Gasteiger partial charge in [0.1, 0.15) is 5.00 Å². The maximum Gasteiger partial charge on any atom is 0.414 e. The molecular formula is C22H22N2O6S. The lowest BCUT2D eigenvalue weighted by atomic mass is 10.1. The Morgan fingerprint density at radius 3 is 2.74 bits per heavy atom. The summed E-state index contributed by atoms with van der Waals surface area (Å²) < 4.78 is 16.1. The smallest absolute Gasteiger partial charge is 0.414 e. The van der Waals surface area contributed by atoms with Crippen LogP contribution in [0.2, 0.25) is 0 Å². The largest absolute Gasteiger partial charge is 0.490 e. The lowest BCUT2D eigenvalue weighted by Crippen LogP contribution is -2.32. The molecule has 0 spiro atoms. The molecule has 1 aliphatic carbocycles. The van der Waals surface area contributed by atoms with Gasteiger partial charge in [0.25, 0.3) is 11.8 Å². The first-order valence-electron chi connectivity index (χ1n) is 10.1. The fourth-order valence-corrected chi connectivity index (χ4v) is 4.92. The molecule has 31 heavy (non-hydrogen) atoms. The van der Waals surface area contributed by atoms with Crippen molar-refractivity contribution >= 4 is 45.2 Å². The minimum Gasteiger partial charge on any atom is -0.490 e. The van der Waals surface area contributed by atoms with E-state index in [4.69, 9.17) is 13.9 Å². The van der Waals surface area contributed by atoms with Crippen LogP contribution in [-0.4, -0.2) is 31.1 Å². The highest BCUT2D eigenvalue weighted by atomic mass is 32.1. The Morgan fingerprint density at radius 1 is 1.13 bits per heavy atom. The fourth-order valence-electron chi connectivity index (χ4n) is 3.64. The lowest BCUT2D eigenvalue weighted by Gasteiger charge is -2.08. The molecule has 9 heteroatoms. The summed E-state index contributed by atoms with van der Waals surface area (Å²) in [5.74, 6) is -0.406. The maximum atomic E-state index is 12.9. The van der Waals surface area contributed by atoms with Crippen LogP contribution < -0.4 is 15.4 Å². The van der Waals surface area contributed by atoms with Gasteiger partial charge in [0.05, 0.1) is 18.8 Å². The van der Waals surface area contributed by atoms with E-state index in [1.807, 2.05) is 19.1 Å². The number of fused-ring (bicyclic) bond motifs is 2. The highest BCUT2D eigenvalue weighted by Crippen LogP contribution is 2.39. The van der Waals surface area contributed by atoms with Crippen molar-refractivity contribution in [2.24, 2.45) is 0 Å². The lowest BCUT2D eigenvalue weighted by molar-refractivity contribution is 0.0925. The van der Waals surface area contributed by atoms with Crippen LogP contribution in [0.5, 0.6) is 5.75 Å². The second-order valence-corrected chi connectivity index (χ2v) is 8.01. The van der Waals surface area contributed by atoms with Gasteiger partial charge in [0.2, 0.25) is 0 Å². The van der Waals surface area contributed by atoms with E-state index in [1.165, 1.54) is 11.3 Å². The van der Waals surface area contributed by atoms with E-state index in [0.717, 1.165) is 35.1 Å². The van der Waals surface area contributed by atoms with Crippen LogP contribution in [0.25, 0.3) is 11.0 Å². The summed E-state index contributed by atoms with van der Waals surface area (Å²) in [7, 11) is 0. The van der Waals surface area contributed by atoms with Gasteiger partial charge in [-0.25, -0.2) is 4.79 Å². The summed E-state index contributed by atoms with van der Waals surface area (Å²) in [6.07, 6.45) is 1.66. The van der Waals surface area contributed by atoms with Gasteiger partial charge >= 0.3 is 6.09 Å². The van der Waals surface area contributed by atoms with Crippen molar-refractivity contribution in [3.8, 4) is 5.75 Å². The highest BCUT2D eigenvalue weighted by molar-refractivity contribution is 7.17. The molecule has 3 amide bonds. The molecule has 162 valence electrons. The summed E-state index contributed by atoms with van der Waals surface area (Å²) in [5.41, 5.74) is 1.67. The first kappa shape index (κ1) is 20.9. The Labute approximate surface area is 182 Å². The summed E-state index contributed by atoms with van der Waals surface area (Å²) >= 11 is 1.35. The Hall–Kier alpha value is -3.33. The monoisotopic (exact) mass is 442 g/mol. The molecule has 2 aromatic heterocycles. The molecular weight excluding hydrogens is 420 g/mol. The van der Waals surface area contributed by atoms with Gasteiger partial charge in [-0.1, -0.05) is 12.1 Å². The molecule has 1 aliphatic rings. The van der Waals surface area contributed by atoms with E-state index in [-0.39, 0.29) is 12.4 Å². The van der Waals surface area contributed by atoms with Gasteiger partial charge in [-0.05, 0) is 50.8 Å². The number of nitrogens with one attached hydrogen (secondary N) is 2. The second-order valence-electron chi connectivity index (χ2n) is 6.91. The number of imide groups is 1. The number of hydrogen-bond donors (Lipinski definition) is 2. The molecule has 2 heterocycles. The quantitative estimate of drug-likeness (QED) is 0.581. The number of alkyl carbamates (subject to hydrolysis) is 1. The van der Waals surface area contributed by atoms with Crippen LogP contribution >= 0.6 is 11.3 Å². The third kappa shape index (κ3) is 4.13. The van der Waals surface area contributed by atoms with E-state index in [1.54, 1.807) is 19.1 Å². The predicted octanol–water partition coefficient (Wildman–Crippen LogP) is 4.52. The number of carbonyl (C=O) groups excluding carboxylic acids is 3. The van der Waals surface area contributed by atoms with Crippen LogP contribution in [0, 0.1) is 0 Å². The summed E-state index contributed by atoms with van der Waals surface area (Å²) in [6.45, 7) is 4.15. The molecule has 0 radical (unpaired) electrons. The van der Waals surface area contributed by atoms with Crippen molar-refractivity contribution in [3.05, 3.63) is 46.0 Å². The summed E-state index contributed by atoms with van der Waals surface area (Å²) in [4.78, 5) is 38.4. The number of anilines is 1. The van der Waals surface area contributed by atoms with E-state index in [9.17, 15) is 14.4 Å². The van der Waals surface area contributed by atoms with Gasteiger partial charge in [-0.3, -0.25) is 14.9 Å². The van der Waals surface area contributed by atoms with Crippen molar-refractivity contribution in [1.29, 1.82) is 0 Å². The molecule has 0 bridgehead atoms. The van der Waals surface area contributed by atoms with Crippen LogP contribution in [0.4, 0.5) is 9.80 Å². The van der Waals surface area contributed by atoms with Crippen molar-refractivity contribution < 1.29 is 28.3 Å². The molecule has 1 aromatic carbocycles. The van der Waals surface area contributed by atoms with E-state index >= 15 is 0 Å². The zero-order valence-corrected chi connectivity index (χ0v) is 18.0. The van der Waals surface area contributed by atoms with Crippen molar-refractivity contribution in [3.63, 3.8) is 0 Å². The Morgan fingerprint density at radius 2 is 1.97 bits per heavy atom. The van der Waals surface area contributed by atoms with Crippen LogP contribution in [0.3, 0.4) is 0 Å². The number of thiophene rings is 1. The van der Waals surface area contributed by atoms with Crippen molar-refractivity contribution in [1.82, 2.24) is 5.32 Å². The number of benzene rings is 1. The number of hydrogen-bond acceptors (Lipinski definition) is 7.